The highest BCUT2D eigenvalue weighted by atomic mass is 16.2. The number of amides is 3. The predicted molar refractivity (Wildman–Crippen MR) is 113 cm³/mol. The number of carbonyl (C=O) groups is 3. The maximum Gasteiger partial charge on any atom is 0.316 e. The van der Waals surface area contributed by atoms with Gasteiger partial charge >= 0.3 is 6.03 Å². The minimum absolute atomic E-state index is 0.207. The van der Waals surface area contributed by atoms with Crippen LogP contribution in [-0.4, -0.2) is 17.7 Å². The SMILES string of the molecule is Cc1ccc(C)c(C(=O)c2ccccc2C(=O)Nc2cccc(NC(N)=O)c2)c1. The molecule has 4 N–H and O–H groups in total. The van der Waals surface area contributed by atoms with Gasteiger partial charge in [0.2, 0.25) is 0 Å². The van der Waals surface area contributed by atoms with E-state index in [0.717, 1.165) is 11.1 Å². The van der Waals surface area contributed by atoms with Gasteiger partial charge in [-0.05, 0) is 49.7 Å². The zero-order valence-electron chi connectivity index (χ0n) is 16.2. The molecule has 3 aromatic carbocycles. The molecule has 0 heterocycles. The molecule has 0 atom stereocenters. The van der Waals surface area contributed by atoms with Gasteiger partial charge in [-0.15, -0.1) is 0 Å². The van der Waals surface area contributed by atoms with E-state index in [-0.39, 0.29) is 11.3 Å². The number of rotatable bonds is 5. The fourth-order valence-electron chi connectivity index (χ4n) is 3.02. The van der Waals surface area contributed by atoms with E-state index in [2.05, 4.69) is 10.6 Å². The summed E-state index contributed by atoms with van der Waals surface area (Å²) in [7, 11) is 0. The molecule has 0 saturated carbocycles. The van der Waals surface area contributed by atoms with Crippen LogP contribution in [0, 0.1) is 13.8 Å². The summed E-state index contributed by atoms with van der Waals surface area (Å²) in [6.07, 6.45) is 0. The maximum atomic E-state index is 13.1. The monoisotopic (exact) mass is 387 g/mol. The van der Waals surface area contributed by atoms with Crippen LogP contribution in [0.3, 0.4) is 0 Å². The minimum Gasteiger partial charge on any atom is -0.351 e. The number of nitrogens with two attached hydrogens (primary N) is 1. The normalized spacial score (nSPS) is 10.3. The molecule has 0 spiro atoms. The van der Waals surface area contributed by atoms with Gasteiger partial charge in [-0.2, -0.15) is 0 Å². The number of urea groups is 1. The van der Waals surface area contributed by atoms with Crippen molar-refractivity contribution in [2.24, 2.45) is 5.73 Å². The molecular formula is C23H21N3O3. The van der Waals surface area contributed by atoms with Gasteiger partial charge in [0.25, 0.3) is 5.91 Å². The largest absolute Gasteiger partial charge is 0.351 e. The second kappa shape index (κ2) is 8.39. The number of nitrogens with one attached hydrogen (secondary N) is 2. The second-order valence-electron chi connectivity index (χ2n) is 6.72. The van der Waals surface area contributed by atoms with Crippen LogP contribution in [-0.2, 0) is 0 Å². The van der Waals surface area contributed by atoms with Crippen molar-refractivity contribution in [2.75, 3.05) is 10.6 Å². The average Bonchev–Trinajstić information content (AvgIpc) is 2.69. The highest BCUT2D eigenvalue weighted by Crippen LogP contribution is 2.21. The number of aryl methyl sites for hydroxylation is 2. The number of hydrogen-bond donors (Lipinski definition) is 3. The fraction of sp³-hybridized carbons (Fsp3) is 0.0870. The van der Waals surface area contributed by atoms with E-state index in [1.165, 1.54) is 0 Å². The molecule has 6 heteroatoms. The van der Waals surface area contributed by atoms with E-state index in [1.54, 1.807) is 48.5 Å². The molecule has 0 aliphatic heterocycles. The van der Waals surface area contributed by atoms with Gasteiger partial charge in [0.15, 0.2) is 5.78 Å². The van der Waals surface area contributed by atoms with E-state index in [0.29, 0.717) is 22.5 Å². The molecule has 0 aromatic heterocycles. The Morgan fingerprint density at radius 3 is 2.07 bits per heavy atom. The minimum atomic E-state index is -0.696. The molecule has 0 bridgehead atoms. The molecule has 0 aliphatic carbocycles. The van der Waals surface area contributed by atoms with Crippen LogP contribution < -0.4 is 16.4 Å². The van der Waals surface area contributed by atoms with Gasteiger partial charge in [0, 0.05) is 22.5 Å². The van der Waals surface area contributed by atoms with Crippen molar-refractivity contribution in [2.45, 2.75) is 13.8 Å². The lowest BCUT2D eigenvalue weighted by atomic mass is 9.94. The Bertz CT molecular complexity index is 1110. The quantitative estimate of drug-likeness (QED) is 0.570. The van der Waals surface area contributed by atoms with Gasteiger partial charge in [0.05, 0.1) is 5.56 Å². The maximum absolute atomic E-state index is 13.1. The topological polar surface area (TPSA) is 101 Å². The first-order valence-electron chi connectivity index (χ1n) is 9.04. The average molecular weight is 387 g/mol. The Morgan fingerprint density at radius 1 is 0.724 bits per heavy atom. The number of hydrogen-bond acceptors (Lipinski definition) is 3. The van der Waals surface area contributed by atoms with Crippen molar-refractivity contribution in [3.05, 3.63) is 94.5 Å². The number of primary amides is 1. The summed E-state index contributed by atoms with van der Waals surface area (Å²) in [6, 6.07) is 18.2. The molecule has 3 rings (SSSR count). The zero-order valence-corrected chi connectivity index (χ0v) is 16.2. The van der Waals surface area contributed by atoms with Gasteiger partial charge < -0.3 is 16.4 Å². The summed E-state index contributed by atoms with van der Waals surface area (Å²) in [5.74, 6) is -0.628. The molecule has 0 radical (unpaired) electrons. The molecule has 3 amide bonds. The first kappa shape index (κ1) is 19.8. The first-order valence-corrected chi connectivity index (χ1v) is 9.04. The van der Waals surface area contributed by atoms with E-state index in [9.17, 15) is 14.4 Å². The first-order chi connectivity index (χ1) is 13.8. The highest BCUT2D eigenvalue weighted by molar-refractivity contribution is 6.18. The number of ketones is 1. The summed E-state index contributed by atoms with van der Waals surface area (Å²) < 4.78 is 0. The van der Waals surface area contributed by atoms with Crippen LogP contribution in [0.15, 0.2) is 66.7 Å². The predicted octanol–water partition coefficient (Wildman–Crippen LogP) is 4.28. The van der Waals surface area contributed by atoms with Crippen molar-refractivity contribution in [3.63, 3.8) is 0 Å². The van der Waals surface area contributed by atoms with Crippen LogP contribution in [0.4, 0.5) is 16.2 Å². The standard InChI is InChI=1S/C23H21N3O3/c1-14-10-11-15(2)20(12-14)21(27)18-8-3-4-9-19(18)22(28)25-16-6-5-7-17(13-16)26-23(24)29/h3-13H,1-2H3,(H,25,28)(H3,24,26,29). The molecule has 6 nitrogen and oxygen atoms in total. The fourth-order valence-corrected chi connectivity index (χ4v) is 3.02. The smallest absolute Gasteiger partial charge is 0.316 e. The second-order valence-corrected chi connectivity index (χ2v) is 6.72. The third-order valence-corrected chi connectivity index (χ3v) is 4.44. The van der Waals surface area contributed by atoms with E-state index < -0.39 is 11.9 Å². The van der Waals surface area contributed by atoms with Crippen molar-refractivity contribution in [1.29, 1.82) is 0 Å². The third kappa shape index (κ3) is 4.68. The Morgan fingerprint density at radius 2 is 1.38 bits per heavy atom. The molecule has 0 saturated heterocycles. The van der Waals surface area contributed by atoms with Crippen LogP contribution in [0.5, 0.6) is 0 Å². The number of benzene rings is 3. The molecule has 0 unspecified atom stereocenters. The molecular weight excluding hydrogens is 366 g/mol. The summed E-state index contributed by atoms with van der Waals surface area (Å²) in [4.78, 5) is 37.0. The number of anilines is 2. The van der Waals surface area contributed by atoms with Crippen LogP contribution in [0.1, 0.15) is 37.4 Å². The lowest BCUT2D eigenvalue weighted by Gasteiger charge is -2.12. The summed E-state index contributed by atoms with van der Waals surface area (Å²) in [5.41, 5.74) is 9.03. The Hall–Kier alpha value is -3.93. The van der Waals surface area contributed by atoms with Crippen molar-refractivity contribution >= 4 is 29.1 Å². The van der Waals surface area contributed by atoms with Crippen molar-refractivity contribution in [1.82, 2.24) is 0 Å². The van der Waals surface area contributed by atoms with E-state index in [1.807, 2.05) is 32.0 Å². The lowest BCUT2D eigenvalue weighted by molar-refractivity contribution is 0.0996. The Balaban J connectivity index is 1.91. The third-order valence-electron chi connectivity index (χ3n) is 4.44. The van der Waals surface area contributed by atoms with Gasteiger partial charge in [-0.25, -0.2) is 4.79 Å². The highest BCUT2D eigenvalue weighted by Gasteiger charge is 2.19. The lowest BCUT2D eigenvalue weighted by Crippen LogP contribution is -2.20. The summed E-state index contributed by atoms with van der Waals surface area (Å²) in [5, 5.41) is 5.22. The van der Waals surface area contributed by atoms with E-state index >= 15 is 0 Å². The van der Waals surface area contributed by atoms with Crippen LogP contribution in [0.25, 0.3) is 0 Å². The van der Waals surface area contributed by atoms with Gasteiger partial charge in [0.1, 0.15) is 0 Å². The van der Waals surface area contributed by atoms with E-state index in [4.69, 9.17) is 5.73 Å². The van der Waals surface area contributed by atoms with Crippen LogP contribution >= 0.6 is 0 Å². The van der Waals surface area contributed by atoms with Gasteiger partial charge in [-0.3, -0.25) is 9.59 Å². The van der Waals surface area contributed by atoms with Crippen molar-refractivity contribution in [3.8, 4) is 0 Å². The molecule has 0 fully saturated rings. The zero-order chi connectivity index (χ0) is 21.0. The van der Waals surface area contributed by atoms with Crippen molar-refractivity contribution < 1.29 is 14.4 Å². The summed E-state index contributed by atoms with van der Waals surface area (Å²) in [6.45, 7) is 3.79. The molecule has 146 valence electrons. The number of carbonyl (C=O) groups excluding carboxylic acids is 3. The molecule has 3 aromatic rings. The van der Waals surface area contributed by atoms with Gasteiger partial charge in [-0.1, -0.05) is 42.0 Å². The molecule has 29 heavy (non-hydrogen) atoms. The summed E-state index contributed by atoms with van der Waals surface area (Å²) >= 11 is 0. The Labute approximate surface area is 168 Å². The van der Waals surface area contributed by atoms with Crippen LogP contribution in [0.2, 0.25) is 0 Å². The Kier molecular flexibility index (Phi) is 5.74. The molecule has 0 aliphatic rings.